The van der Waals surface area contributed by atoms with Gasteiger partial charge in [-0.2, -0.15) is 5.10 Å². The summed E-state index contributed by atoms with van der Waals surface area (Å²) in [6.45, 7) is 4.18. The molecular formula is C14H17ClN4O. The summed E-state index contributed by atoms with van der Waals surface area (Å²) in [7, 11) is 0. The average molecular weight is 293 g/mol. The van der Waals surface area contributed by atoms with Crippen molar-refractivity contribution >= 4 is 23.2 Å². The van der Waals surface area contributed by atoms with Gasteiger partial charge in [-0.25, -0.2) is 9.67 Å². The molecule has 0 spiro atoms. The van der Waals surface area contributed by atoms with E-state index in [1.165, 1.54) is 6.33 Å². The SMILES string of the molecule is CC(C)CCC(=O)Nc1cc(Cl)ccc1-n1cncn1. The molecule has 2 aromatic rings. The predicted molar refractivity (Wildman–Crippen MR) is 79.1 cm³/mol. The number of benzene rings is 1. The molecule has 6 heteroatoms. The molecule has 1 heterocycles. The quantitative estimate of drug-likeness (QED) is 0.920. The first kappa shape index (κ1) is 14.5. The summed E-state index contributed by atoms with van der Waals surface area (Å²) in [6.07, 6.45) is 4.36. The van der Waals surface area contributed by atoms with Gasteiger partial charge in [0.2, 0.25) is 5.91 Å². The lowest BCUT2D eigenvalue weighted by atomic mass is 10.1. The molecule has 0 unspecified atom stereocenters. The van der Waals surface area contributed by atoms with Crippen molar-refractivity contribution in [3.63, 3.8) is 0 Å². The van der Waals surface area contributed by atoms with Gasteiger partial charge in [-0.05, 0) is 30.5 Å². The second kappa shape index (κ2) is 6.52. The van der Waals surface area contributed by atoms with Crippen LogP contribution in [0.5, 0.6) is 0 Å². The van der Waals surface area contributed by atoms with E-state index in [1.807, 2.05) is 0 Å². The number of nitrogens with zero attached hydrogens (tertiary/aromatic N) is 3. The van der Waals surface area contributed by atoms with Crippen molar-refractivity contribution in [1.29, 1.82) is 0 Å². The third-order valence-electron chi connectivity index (χ3n) is 2.85. The molecule has 0 aliphatic carbocycles. The largest absolute Gasteiger partial charge is 0.324 e. The van der Waals surface area contributed by atoms with Crippen molar-refractivity contribution in [3.05, 3.63) is 35.9 Å². The number of hydrogen-bond acceptors (Lipinski definition) is 3. The maximum Gasteiger partial charge on any atom is 0.224 e. The molecule has 2 rings (SSSR count). The van der Waals surface area contributed by atoms with Crippen molar-refractivity contribution in [3.8, 4) is 5.69 Å². The Morgan fingerprint density at radius 1 is 1.45 bits per heavy atom. The van der Waals surface area contributed by atoms with Crippen LogP contribution in [0.4, 0.5) is 5.69 Å². The van der Waals surface area contributed by atoms with Crippen LogP contribution in [-0.4, -0.2) is 20.7 Å². The lowest BCUT2D eigenvalue weighted by molar-refractivity contribution is -0.116. The minimum absolute atomic E-state index is 0.0256. The number of halogens is 1. The molecule has 0 aliphatic heterocycles. The van der Waals surface area contributed by atoms with E-state index >= 15 is 0 Å². The minimum Gasteiger partial charge on any atom is -0.324 e. The van der Waals surface area contributed by atoms with Gasteiger partial charge < -0.3 is 5.32 Å². The number of amides is 1. The lowest BCUT2D eigenvalue weighted by Crippen LogP contribution is -2.14. The Labute approximate surface area is 123 Å². The van der Waals surface area contributed by atoms with Crippen LogP contribution in [-0.2, 0) is 4.79 Å². The highest BCUT2D eigenvalue weighted by Gasteiger charge is 2.10. The van der Waals surface area contributed by atoms with E-state index in [2.05, 4.69) is 29.2 Å². The number of carbonyl (C=O) groups excluding carboxylic acids is 1. The molecule has 1 amide bonds. The summed E-state index contributed by atoms with van der Waals surface area (Å²) in [5, 5.41) is 7.52. The molecule has 1 aromatic carbocycles. The number of nitrogens with one attached hydrogen (secondary N) is 1. The van der Waals surface area contributed by atoms with Crippen LogP contribution in [0.1, 0.15) is 26.7 Å². The summed E-state index contributed by atoms with van der Waals surface area (Å²) in [4.78, 5) is 15.9. The first-order valence-corrected chi connectivity index (χ1v) is 6.88. The van der Waals surface area contributed by atoms with E-state index < -0.39 is 0 Å². The zero-order valence-electron chi connectivity index (χ0n) is 11.5. The smallest absolute Gasteiger partial charge is 0.224 e. The zero-order valence-corrected chi connectivity index (χ0v) is 12.3. The number of rotatable bonds is 5. The van der Waals surface area contributed by atoms with Gasteiger partial charge >= 0.3 is 0 Å². The average Bonchev–Trinajstić information content (AvgIpc) is 2.90. The molecule has 5 nitrogen and oxygen atoms in total. The first-order chi connectivity index (χ1) is 9.56. The number of anilines is 1. The van der Waals surface area contributed by atoms with Crippen LogP contribution >= 0.6 is 11.6 Å². The van der Waals surface area contributed by atoms with Gasteiger partial charge in [-0.3, -0.25) is 4.79 Å². The van der Waals surface area contributed by atoms with Gasteiger partial charge in [-0.1, -0.05) is 25.4 Å². The van der Waals surface area contributed by atoms with E-state index in [0.717, 1.165) is 12.1 Å². The van der Waals surface area contributed by atoms with Crippen LogP contribution in [0.25, 0.3) is 5.69 Å². The van der Waals surface area contributed by atoms with Crippen molar-refractivity contribution < 1.29 is 4.79 Å². The second-order valence-corrected chi connectivity index (χ2v) is 5.42. The third-order valence-corrected chi connectivity index (χ3v) is 3.08. The molecule has 0 saturated heterocycles. The maximum atomic E-state index is 12.0. The van der Waals surface area contributed by atoms with Gasteiger partial charge in [0.15, 0.2) is 0 Å². The van der Waals surface area contributed by atoms with Crippen LogP contribution in [0.15, 0.2) is 30.9 Å². The Morgan fingerprint density at radius 2 is 2.25 bits per heavy atom. The molecule has 0 aliphatic rings. The van der Waals surface area contributed by atoms with Crippen molar-refractivity contribution in [2.75, 3.05) is 5.32 Å². The number of carbonyl (C=O) groups is 1. The fourth-order valence-corrected chi connectivity index (χ4v) is 1.95. The summed E-state index contributed by atoms with van der Waals surface area (Å²) in [5.41, 5.74) is 1.38. The molecule has 0 atom stereocenters. The van der Waals surface area contributed by atoms with E-state index in [-0.39, 0.29) is 5.91 Å². The third kappa shape index (κ3) is 3.81. The summed E-state index contributed by atoms with van der Waals surface area (Å²) >= 11 is 5.99. The molecule has 0 radical (unpaired) electrons. The van der Waals surface area contributed by atoms with Gasteiger partial charge in [0.05, 0.1) is 11.4 Å². The van der Waals surface area contributed by atoms with E-state index in [9.17, 15) is 4.79 Å². The molecule has 106 valence electrons. The van der Waals surface area contributed by atoms with Crippen LogP contribution < -0.4 is 5.32 Å². The fourth-order valence-electron chi connectivity index (χ4n) is 1.77. The molecule has 20 heavy (non-hydrogen) atoms. The zero-order chi connectivity index (χ0) is 14.5. The fraction of sp³-hybridized carbons (Fsp3) is 0.357. The monoisotopic (exact) mass is 292 g/mol. The van der Waals surface area contributed by atoms with Gasteiger partial charge in [0, 0.05) is 11.4 Å². The summed E-state index contributed by atoms with van der Waals surface area (Å²) < 4.78 is 1.59. The number of aromatic nitrogens is 3. The standard InChI is InChI=1S/C14H17ClN4O/c1-10(2)3-6-14(20)18-12-7-11(15)4-5-13(12)19-9-16-8-17-19/h4-5,7-10H,3,6H2,1-2H3,(H,18,20). The lowest BCUT2D eigenvalue weighted by Gasteiger charge is -2.12. The highest BCUT2D eigenvalue weighted by molar-refractivity contribution is 6.31. The Hall–Kier alpha value is -1.88. The highest BCUT2D eigenvalue weighted by atomic mass is 35.5. The van der Waals surface area contributed by atoms with Crippen LogP contribution in [0.2, 0.25) is 5.02 Å². The van der Waals surface area contributed by atoms with Crippen molar-refractivity contribution in [2.45, 2.75) is 26.7 Å². The summed E-state index contributed by atoms with van der Waals surface area (Å²) in [6, 6.07) is 5.27. The van der Waals surface area contributed by atoms with Gasteiger partial charge in [0.25, 0.3) is 0 Å². The molecule has 0 fully saturated rings. The van der Waals surface area contributed by atoms with E-state index in [1.54, 1.807) is 29.2 Å². The van der Waals surface area contributed by atoms with Crippen LogP contribution in [0.3, 0.4) is 0 Å². The number of hydrogen-bond donors (Lipinski definition) is 1. The molecule has 1 N–H and O–H groups in total. The first-order valence-electron chi connectivity index (χ1n) is 6.50. The van der Waals surface area contributed by atoms with Gasteiger partial charge in [-0.15, -0.1) is 0 Å². The highest BCUT2D eigenvalue weighted by Crippen LogP contribution is 2.24. The second-order valence-electron chi connectivity index (χ2n) is 4.98. The molecule has 0 saturated carbocycles. The Morgan fingerprint density at radius 3 is 2.90 bits per heavy atom. The van der Waals surface area contributed by atoms with Crippen molar-refractivity contribution in [1.82, 2.24) is 14.8 Å². The predicted octanol–water partition coefficient (Wildman–Crippen LogP) is 3.30. The summed E-state index contributed by atoms with van der Waals surface area (Å²) in [5.74, 6) is 0.470. The Balaban J connectivity index is 2.18. The Bertz CT molecular complexity index is 581. The van der Waals surface area contributed by atoms with Gasteiger partial charge in [0.1, 0.15) is 12.7 Å². The minimum atomic E-state index is -0.0256. The molecule has 1 aromatic heterocycles. The van der Waals surface area contributed by atoms with E-state index in [4.69, 9.17) is 11.6 Å². The maximum absolute atomic E-state index is 12.0. The van der Waals surface area contributed by atoms with E-state index in [0.29, 0.717) is 23.0 Å². The normalized spacial score (nSPS) is 10.8. The van der Waals surface area contributed by atoms with Crippen molar-refractivity contribution in [2.24, 2.45) is 5.92 Å². The Kier molecular flexibility index (Phi) is 4.74. The topological polar surface area (TPSA) is 59.8 Å². The molecule has 0 bridgehead atoms. The van der Waals surface area contributed by atoms with Crippen LogP contribution in [0, 0.1) is 5.92 Å². The molecular weight excluding hydrogens is 276 g/mol.